The molecule has 60 heavy (non-hydrogen) atoms. The summed E-state index contributed by atoms with van der Waals surface area (Å²) in [7, 11) is 0. The van der Waals surface area contributed by atoms with Crippen LogP contribution in [-0.2, 0) is 5.41 Å². The van der Waals surface area contributed by atoms with E-state index in [4.69, 9.17) is 4.99 Å². The van der Waals surface area contributed by atoms with E-state index in [9.17, 15) is 0 Å². The lowest BCUT2D eigenvalue weighted by molar-refractivity contribution is 0.175. The zero-order valence-corrected chi connectivity index (χ0v) is 35.0. The number of fused-ring (bicyclic) bond motifs is 10. The maximum absolute atomic E-state index is 5.64. The summed E-state index contributed by atoms with van der Waals surface area (Å²) in [4.78, 5) is 5.64. The molecule has 2 heteroatoms. The minimum atomic E-state index is -0.00921. The molecular weight excluding hydrogens is 725 g/mol. The van der Waals surface area contributed by atoms with Crippen LogP contribution in [0.25, 0.3) is 17.0 Å². The Morgan fingerprint density at radius 3 is 2.07 bits per heavy atom. The van der Waals surface area contributed by atoms with Crippen LogP contribution in [0, 0.1) is 29.1 Å². The van der Waals surface area contributed by atoms with Gasteiger partial charge < -0.3 is 5.32 Å². The van der Waals surface area contributed by atoms with Gasteiger partial charge >= 0.3 is 0 Å². The Hall–Kier alpha value is -5.21. The van der Waals surface area contributed by atoms with Crippen molar-refractivity contribution in [2.24, 2.45) is 34.1 Å². The predicted molar refractivity (Wildman–Crippen MR) is 249 cm³/mol. The summed E-state index contributed by atoms with van der Waals surface area (Å²) in [6.07, 6.45) is 34.5. The van der Waals surface area contributed by atoms with Gasteiger partial charge in [0.15, 0.2) is 0 Å². The SMILES string of the molecule is C1=CCC(C2=NC(c3ccccc3)=C(c3ccc(C4=CCCC5C6=CC7C(C=C6C6(CCCCC6)C45)c4ccccc4C74CCCCC4)cc3)NC2c2ccccc2)C=C1. The maximum Gasteiger partial charge on any atom is 0.0940 e. The van der Waals surface area contributed by atoms with Crippen molar-refractivity contribution in [3.8, 4) is 0 Å². The number of benzene rings is 4. The van der Waals surface area contributed by atoms with Gasteiger partial charge in [0.2, 0.25) is 0 Å². The van der Waals surface area contributed by atoms with Crippen molar-refractivity contribution < 1.29 is 0 Å². The van der Waals surface area contributed by atoms with Gasteiger partial charge in [-0.3, -0.25) is 4.99 Å². The van der Waals surface area contributed by atoms with E-state index in [1.165, 1.54) is 99.5 Å². The Kier molecular flexibility index (Phi) is 9.01. The molecule has 6 unspecified atom stereocenters. The molecule has 0 radical (unpaired) electrons. The van der Waals surface area contributed by atoms with E-state index < -0.39 is 0 Å². The molecule has 1 N–H and O–H groups in total. The molecule has 8 aliphatic rings. The van der Waals surface area contributed by atoms with Gasteiger partial charge in [-0.1, -0.05) is 190 Å². The van der Waals surface area contributed by atoms with Gasteiger partial charge in [0, 0.05) is 34.1 Å². The van der Waals surface area contributed by atoms with Gasteiger partial charge in [-0.05, 0) is 101 Å². The summed E-state index contributed by atoms with van der Waals surface area (Å²) in [6, 6.07) is 41.2. The van der Waals surface area contributed by atoms with E-state index in [-0.39, 0.29) is 17.4 Å². The summed E-state index contributed by atoms with van der Waals surface area (Å²) in [5, 5.41) is 4.11. The van der Waals surface area contributed by atoms with Crippen LogP contribution in [0.2, 0.25) is 0 Å². The molecular formula is C58H58N2. The van der Waals surface area contributed by atoms with Gasteiger partial charge in [-0.15, -0.1) is 0 Å². The third-order valence-corrected chi connectivity index (χ3v) is 16.6. The maximum atomic E-state index is 5.64. The van der Waals surface area contributed by atoms with Crippen LogP contribution < -0.4 is 5.32 Å². The summed E-state index contributed by atoms with van der Waals surface area (Å²) >= 11 is 0. The molecule has 2 nitrogen and oxygen atoms in total. The lowest BCUT2D eigenvalue weighted by atomic mass is 9.59. The van der Waals surface area contributed by atoms with Crippen LogP contribution in [0.4, 0.5) is 0 Å². The van der Waals surface area contributed by atoms with E-state index in [0.717, 1.165) is 23.4 Å². The van der Waals surface area contributed by atoms with E-state index in [1.807, 2.05) is 0 Å². The molecule has 300 valence electrons. The summed E-state index contributed by atoms with van der Waals surface area (Å²) in [5.41, 5.74) is 17.5. The standard InChI is InChI=1S/C58H58N2/c1-6-19-40(20-7-1)53-54(41-21-8-2-9-22-41)60-56(55(59-53)42-23-10-3-11-24-42)43-31-29-39(30-32-43)44-26-18-27-46-48-38-50-47(37-51(48)58(52(44)46)35-16-5-17-36-58)45-25-12-13-28-49(45)57(50)33-14-4-15-34-57/h1-3,6-13,19,21-26,28-32,37-38,40,46-47,50,52,54,60H,4-5,14-18,20,27,33-36H2. The molecule has 2 spiro atoms. The molecule has 1 heterocycles. The molecule has 6 atom stereocenters. The lowest BCUT2D eigenvalue weighted by Crippen LogP contribution is -2.36. The van der Waals surface area contributed by atoms with Gasteiger partial charge in [0.1, 0.15) is 0 Å². The van der Waals surface area contributed by atoms with Crippen LogP contribution in [0.3, 0.4) is 0 Å². The van der Waals surface area contributed by atoms with Crippen molar-refractivity contribution in [2.75, 3.05) is 0 Å². The fourth-order valence-electron chi connectivity index (χ4n) is 14.1. The highest BCUT2D eigenvalue weighted by atomic mass is 15.0. The summed E-state index contributed by atoms with van der Waals surface area (Å²) in [6.45, 7) is 0. The molecule has 0 amide bonds. The van der Waals surface area contributed by atoms with Crippen molar-refractivity contribution in [3.63, 3.8) is 0 Å². The smallest absolute Gasteiger partial charge is 0.0940 e. The summed E-state index contributed by atoms with van der Waals surface area (Å²) < 4.78 is 0. The minimum absolute atomic E-state index is 0.00921. The van der Waals surface area contributed by atoms with E-state index >= 15 is 0 Å². The third kappa shape index (κ3) is 5.69. The van der Waals surface area contributed by atoms with Gasteiger partial charge in [0.05, 0.1) is 23.1 Å². The highest BCUT2D eigenvalue weighted by Gasteiger charge is 2.60. The second-order valence-electron chi connectivity index (χ2n) is 19.4. The quantitative estimate of drug-likeness (QED) is 0.214. The second-order valence-corrected chi connectivity index (χ2v) is 19.4. The number of rotatable bonds is 5. The monoisotopic (exact) mass is 782 g/mol. The second kappa shape index (κ2) is 14.8. The van der Waals surface area contributed by atoms with E-state index in [2.05, 4.69) is 157 Å². The Morgan fingerprint density at radius 1 is 0.617 bits per heavy atom. The van der Waals surface area contributed by atoms with Crippen LogP contribution in [0.5, 0.6) is 0 Å². The van der Waals surface area contributed by atoms with Crippen LogP contribution >= 0.6 is 0 Å². The molecule has 1 aliphatic heterocycles. The number of allylic oxidation sites excluding steroid dienone is 10. The molecule has 0 bridgehead atoms. The summed E-state index contributed by atoms with van der Waals surface area (Å²) in [5.74, 6) is 2.58. The number of hydrogen-bond donors (Lipinski definition) is 1. The Labute approximate surface area is 357 Å². The topological polar surface area (TPSA) is 24.4 Å². The van der Waals surface area contributed by atoms with Crippen molar-refractivity contribution >= 4 is 22.7 Å². The van der Waals surface area contributed by atoms with Crippen LogP contribution in [-0.4, -0.2) is 5.71 Å². The first kappa shape index (κ1) is 36.6. The molecule has 0 aromatic heterocycles. The highest BCUT2D eigenvalue weighted by molar-refractivity contribution is 6.06. The predicted octanol–water partition coefficient (Wildman–Crippen LogP) is 14.3. The van der Waals surface area contributed by atoms with Crippen LogP contribution in [0.15, 0.2) is 168 Å². The Bertz CT molecular complexity index is 2510. The zero-order chi connectivity index (χ0) is 39.7. The van der Waals surface area contributed by atoms with Crippen molar-refractivity contribution in [1.29, 1.82) is 0 Å². The van der Waals surface area contributed by atoms with E-state index in [0.29, 0.717) is 29.1 Å². The number of nitrogens with one attached hydrogen (secondary N) is 1. The van der Waals surface area contributed by atoms with Gasteiger partial charge in [-0.2, -0.15) is 0 Å². The average molecular weight is 783 g/mol. The lowest BCUT2D eigenvalue weighted by Gasteiger charge is -2.45. The van der Waals surface area contributed by atoms with Crippen LogP contribution in [0.1, 0.15) is 129 Å². The number of aliphatic imine (C=N–C) groups is 1. The Morgan fingerprint density at radius 2 is 1.32 bits per heavy atom. The molecule has 3 fully saturated rings. The average Bonchev–Trinajstić information content (AvgIpc) is 3.74. The zero-order valence-electron chi connectivity index (χ0n) is 35.0. The largest absolute Gasteiger partial charge is 0.371 e. The number of hydrogen-bond acceptors (Lipinski definition) is 2. The van der Waals surface area contributed by atoms with E-state index in [1.54, 1.807) is 27.8 Å². The molecule has 4 aromatic rings. The molecule has 3 saturated carbocycles. The highest BCUT2D eigenvalue weighted by Crippen LogP contribution is 2.70. The van der Waals surface area contributed by atoms with Crippen molar-refractivity contribution in [1.82, 2.24) is 5.32 Å². The van der Waals surface area contributed by atoms with Gasteiger partial charge in [0.25, 0.3) is 0 Å². The van der Waals surface area contributed by atoms with Crippen molar-refractivity contribution in [3.05, 3.63) is 196 Å². The first-order valence-electron chi connectivity index (χ1n) is 23.6. The fourth-order valence-corrected chi connectivity index (χ4v) is 14.1. The Balaban J connectivity index is 0.943. The number of nitrogens with zero attached hydrogens (tertiary/aromatic N) is 1. The molecule has 0 saturated heterocycles. The molecule has 12 rings (SSSR count). The van der Waals surface area contributed by atoms with Gasteiger partial charge in [-0.25, -0.2) is 0 Å². The molecule has 4 aromatic carbocycles. The minimum Gasteiger partial charge on any atom is -0.371 e. The molecule has 7 aliphatic carbocycles. The first-order valence-corrected chi connectivity index (χ1v) is 23.6. The third-order valence-electron chi connectivity index (χ3n) is 16.6. The normalized spacial score (nSPS) is 29.4. The van der Waals surface area contributed by atoms with Crippen molar-refractivity contribution in [2.45, 2.75) is 101 Å². The fraction of sp³-hybridized carbons (Fsp3) is 0.362. The first-order chi connectivity index (χ1) is 29.7.